The van der Waals surface area contributed by atoms with Crippen LogP contribution in [0.25, 0.3) is 10.9 Å². The molecular formula is C24H34N8O. The monoisotopic (exact) mass is 450 g/mol. The zero-order chi connectivity index (χ0) is 23.4. The van der Waals surface area contributed by atoms with Crippen molar-refractivity contribution in [2.45, 2.75) is 64.6 Å². The minimum absolute atomic E-state index is 0.0735. The molecule has 0 aliphatic carbocycles. The Balaban J connectivity index is 1.59. The molecule has 0 radical (unpaired) electrons. The van der Waals surface area contributed by atoms with E-state index in [1.54, 1.807) is 13.2 Å². The molecule has 1 saturated heterocycles. The molecule has 1 fully saturated rings. The number of rotatable bonds is 8. The Hall–Kier alpha value is -3.20. The third kappa shape index (κ3) is 5.24. The zero-order valence-corrected chi connectivity index (χ0v) is 19.9. The SMILES string of the molecule is CC[C@@H]1CC(Nc2nc(Nc3cc(C)[nH]n3)cc3ncccc23)C[C@H](CC)N1CC(=O)NC. The van der Waals surface area contributed by atoms with Crippen molar-refractivity contribution in [2.24, 2.45) is 0 Å². The molecule has 9 nitrogen and oxygen atoms in total. The highest BCUT2D eigenvalue weighted by atomic mass is 16.1. The van der Waals surface area contributed by atoms with Gasteiger partial charge in [-0.05, 0) is 44.7 Å². The maximum atomic E-state index is 12.1. The smallest absolute Gasteiger partial charge is 0.233 e. The van der Waals surface area contributed by atoms with Gasteiger partial charge >= 0.3 is 0 Å². The highest BCUT2D eigenvalue weighted by molar-refractivity contribution is 5.91. The van der Waals surface area contributed by atoms with Crippen LogP contribution in [-0.2, 0) is 4.79 Å². The molecule has 33 heavy (non-hydrogen) atoms. The molecule has 0 aromatic carbocycles. The van der Waals surface area contributed by atoms with Gasteiger partial charge in [0.05, 0.1) is 12.1 Å². The first-order chi connectivity index (χ1) is 16.0. The van der Waals surface area contributed by atoms with Crippen LogP contribution in [0.5, 0.6) is 0 Å². The number of carbonyl (C=O) groups excluding carboxylic acids is 1. The van der Waals surface area contributed by atoms with Crippen molar-refractivity contribution in [2.75, 3.05) is 24.2 Å². The van der Waals surface area contributed by atoms with E-state index in [2.05, 4.69) is 55.9 Å². The first-order valence-electron chi connectivity index (χ1n) is 11.8. The predicted octanol–water partition coefficient (Wildman–Crippen LogP) is 3.58. The number of nitrogens with zero attached hydrogens (tertiary/aromatic N) is 4. The van der Waals surface area contributed by atoms with Gasteiger partial charge in [0.2, 0.25) is 5.91 Å². The number of carbonyl (C=O) groups is 1. The lowest BCUT2D eigenvalue weighted by molar-refractivity contribution is -0.123. The van der Waals surface area contributed by atoms with Crippen LogP contribution in [0.15, 0.2) is 30.5 Å². The first-order valence-corrected chi connectivity index (χ1v) is 11.8. The van der Waals surface area contributed by atoms with Gasteiger partial charge in [-0.2, -0.15) is 5.10 Å². The average Bonchev–Trinajstić information content (AvgIpc) is 3.23. The number of anilines is 3. The summed E-state index contributed by atoms with van der Waals surface area (Å²) >= 11 is 0. The van der Waals surface area contributed by atoms with Crippen LogP contribution in [0.2, 0.25) is 0 Å². The van der Waals surface area contributed by atoms with Crippen LogP contribution in [0.4, 0.5) is 17.5 Å². The molecule has 4 N–H and O–H groups in total. The molecular weight excluding hydrogens is 416 g/mol. The molecule has 1 unspecified atom stereocenters. The van der Waals surface area contributed by atoms with Crippen LogP contribution in [0.3, 0.4) is 0 Å². The largest absolute Gasteiger partial charge is 0.367 e. The van der Waals surface area contributed by atoms with E-state index in [0.717, 1.165) is 53.9 Å². The van der Waals surface area contributed by atoms with Crippen LogP contribution in [-0.4, -0.2) is 62.7 Å². The van der Waals surface area contributed by atoms with E-state index in [-0.39, 0.29) is 11.9 Å². The minimum Gasteiger partial charge on any atom is -0.367 e. The fourth-order valence-electron chi connectivity index (χ4n) is 4.80. The summed E-state index contributed by atoms with van der Waals surface area (Å²) < 4.78 is 0. The maximum Gasteiger partial charge on any atom is 0.233 e. The van der Waals surface area contributed by atoms with Crippen molar-refractivity contribution < 1.29 is 4.79 Å². The van der Waals surface area contributed by atoms with E-state index in [1.165, 1.54) is 0 Å². The second-order valence-corrected chi connectivity index (χ2v) is 8.77. The Kier molecular flexibility index (Phi) is 7.08. The Labute approximate surface area is 194 Å². The first kappa shape index (κ1) is 23.0. The lowest BCUT2D eigenvalue weighted by Gasteiger charge is -2.45. The number of amides is 1. The lowest BCUT2D eigenvalue weighted by Crippen LogP contribution is -2.54. The van der Waals surface area contributed by atoms with Crippen LogP contribution in [0.1, 0.15) is 45.2 Å². The number of aryl methyl sites for hydroxylation is 1. The molecule has 9 heteroatoms. The number of aromatic nitrogens is 4. The number of hydrogen-bond acceptors (Lipinski definition) is 7. The van der Waals surface area contributed by atoms with Crippen LogP contribution >= 0.6 is 0 Å². The van der Waals surface area contributed by atoms with Crippen molar-refractivity contribution in [3.05, 3.63) is 36.2 Å². The predicted molar refractivity (Wildman–Crippen MR) is 132 cm³/mol. The summed E-state index contributed by atoms with van der Waals surface area (Å²) in [4.78, 5) is 23.9. The maximum absolute atomic E-state index is 12.1. The van der Waals surface area contributed by atoms with Crippen molar-refractivity contribution in [3.63, 3.8) is 0 Å². The van der Waals surface area contributed by atoms with Gasteiger partial charge < -0.3 is 16.0 Å². The lowest BCUT2D eigenvalue weighted by atomic mass is 9.88. The fourth-order valence-corrected chi connectivity index (χ4v) is 4.80. The Morgan fingerprint density at radius 2 is 1.94 bits per heavy atom. The van der Waals surface area contributed by atoms with E-state index >= 15 is 0 Å². The van der Waals surface area contributed by atoms with Gasteiger partial charge in [0.15, 0.2) is 5.82 Å². The van der Waals surface area contributed by atoms with Crippen LogP contribution in [0, 0.1) is 6.92 Å². The van der Waals surface area contributed by atoms with Crippen LogP contribution < -0.4 is 16.0 Å². The normalized spacial score (nSPS) is 21.2. The third-order valence-corrected chi connectivity index (χ3v) is 6.50. The number of likely N-dealkylation sites (N-methyl/N-ethyl adjacent to an activating group) is 1. The van der Waals surface area contributed by atoms with Gasteiger partial charge in [0, 0.05) is 54.6 Å². The summed E-state index contributed by atoms with van der Waals surface area (Å²) in [5.74, 6) is 2.32. The Bertz CT molecular complexity index is 1080. The van der Waals surface area contributed by atoms with E-state index < -0.39 is 0 Å². The Morgan fingerprint density at radius 1 is 1.18 bits per heavy atom. The summed E-state index contributed by atoms with van der Waals surface area (Å²) in [6.45, 7) is 6.81. The average molecular weight is 451 g/mol. The van der Waals surface area contributed by atoms with E-state index in [0.29, 0.717) is 24.4 Å². The highest BCUT2D eigenvalue weighted by Gasteiger charge is 2.35. The number of hydrogen-bond donors (Lipinski definition) is 4. The number of nitrogens with one attached hydrogen (secondary N) is 4. The number of piperidine rings is 1. The van der Waals surface area contributed by atoms with E-state index in [1.807, 2.05) is 25.1 Å². The minimum atomic E-state index is 0.0735. The summed E-state index contributed by atoms with van der Waals surface area (Å²) in [6.07, 6.45) is 5.72. The van der Waals surface area contributed by atoms with E-state index in [4.69, 9.17) is 4.98 Å². The fraction of sp³-hybridized carbons (Fsp3) is 0.500. The molecule has 176 valence electrons. The molecule has 0 bridgehead atoms. The third-order valence-electron chi connectivity index (χ3n) is 6.50. The topological polar surface area (TPSA) is 111 Å². The number of pyridine rings is 2. The molecule has 0 saturated carbocycles. The van der Waals surface area contributed by atoms with Crippen molar-refractivity contribution in [3.8, 4) is 0 Å². The highest BCUT2D eigenvalue weighted by Crippen LogP contribution is 2.31. The van der Waals surface area contributed by atoms with E-state index in [9.17, 15) is 4.79 Å². The molecule has 3 aromatic heterocycles. The van der Waals surface area contributed by atoms with Gasteiger partial charge in [0.25, 0.3) is 0 Å². The van der Waals surface area contributed by atoms with Gasteiger partial charge in [-0.25, -0.2) is 4.98 Å². The number of H-pyrrole nitrogens is 1. The zero-order valence-electron chi connectivity index (χ0n) is 19.9. The molecule has 1 amide bonds. The quantitative estimate of drug-likeness (QED) is 0.415. The van der Waals surface area contributed by atoms with Gasteiger partial charge in [0.1, 0.15) is 11.6 Å². The van der Waals surface area contributed by atoms with Crippen molar-refractivity contribution >= 4 is 34.3 Å². The van der Waals surface area contributed by atoms with Crippen molar-refractivity contribution in [1.82, 2.24) is 30.4 Å². The molecule has 0 spiro atoms. The Morgan fingerprint density at radius 3 is 2.58 bits per heavy atom. The molecule has 1 aliphatic rings. The number of likely N-dealkylation sites (tertiary alicyclic amines) is 1. The molecule has 1 aliphatic heterocycles. The van der Waals surface area contributed by atoms with Gasteiger partial charge in [-0.15, -0.1) is 0 Å². The summed E-state index contributed by atoms with van der Waals surface area (Å²) in [6, 6.07) is 8.83. The second-order valence-electron chi connectivity index (χ2n) is 8.77. The summed E-state index contributed by atoms with van der Waals surface area (Å²) in [7, 11) is 1.70. The van der Waals surface area contributed by atoms with Gasteiger partial charge in [-0.3, -0.25) is 19.8 Å². The molecule has 4 heterocycles. The summed E-state index contributed by atoms with van der Waals surface area (Å²) in [5.41, 5.74) is 1.86. The molecule has 3 aromatic rings. The van der Waals surface area contributed by atoms with Crippen molar-refractivity contribution in [1.29, 1.82) is 0 Å². The molecule has 4 rings (SSSR count). The standard InChI is InChI=1S/C24H34N8O/c1-5-17-11-16(12-18(6-2)32(17)14-23(33)25-4)27-24-19-8-7-9-26-20(19)13-21(29-24)28-22-10-15(3)30-31-22/h7-10,13,16-18H,5-6,11-12,14H2,1-4H3,(H,25,33)(H3,27,28,29,30,31)/t16?,17-,18+. The second kappa shape index (κ2) is 10.2. The van der Waals surface area contributed by atoms with Gasteiger partial charge in [-0.1, -0.05) is 13.8 Å². The molecule has 3 atom stereocenters. The summed E-state index contributed by atoms with van der Waals surface area (Å²) in [5, 5.41) is 18.0. The number of aromatic amines is 1. The number of fused-ring (bicyclic) bond motifs is 1.